The van der Waals surface area contributed by atoms with Crippen LogP contribution in [0.2, 0.25) is 0 Å². The van der Waals surface area contributed by atoms with Gasteiger partial charge >= 0.3 is 0 Å². The predicted octanol–water partition coefficient (Wildman–Crippen LogP) is -0.971. The Morgan fingerprint density at radius 2 is 2.00 bits per heavy atom. The molecule has 15 heavy (non-hydrogen) atoms. The van der Waals surface area contributed by atoms with Gasteiger partial charge in [-0.05, 0) is 6.92 Å². The van der Waals surface area contributed by atoms with Crippen molar-refractivity contribution in [3.8, 4) is 0 Å². The van der Waals surface area contributed by atoms with Gasteiger partial charge in [0.15, 0.2) is 0 Å². The van der Waals surface area contributed by atoms with Crippen LogP contribution in [-0.4, -0.2) is 58.2 Å². The summed E-state index contributed by atoms with van der Waals surface area (Å²) in [7, 11) is 1.08. The van der Waals surface area contributed by atoms with Gasteiger partial charge < -0.3 is 10.1 Å². The average molecular weight is 238 g/mol. The lowest BCUT2D eigenvalue weighted by Gasteiger charge is -2.13. The van der Waals surface area contributed by atoms with Crippen molar-refractivity contribution in [2.75, 3.05) is 33.5 Å². The molecule has 90 valence electrons. The van der Waals surface area contributed by atoms with Crippen molar-refractivity contribution >= 4 is 15.9 Å². The van der Waals surface area contributed by atoms with Crippen molar-refractivity contribution in [2.24, 2.45) is 0 Å². The molecule has 0 aliphatic heterocycles. The zero-order valence-corrected chi connectivity index (χ0v) is 10.3. The number of hydrogen-bond donors (Lipinski definition) is 1. The van der Waals surface area contributed by atoms with Crippen LogP contribution in [0.1, 0.15) is 6.92 Å². The van der Waals surface area contributed by atoms with Crippen molar-refractivity contribution in [3.05, 3.63) is 0 Å². The maximum atomic E-state index is 11.3. The minimum absolute atomic E-state index is 0.0903. The Kier molecular flexibility index (Phi) is 5.77. The third-order valence-electron chi connectivity index (χ3n) is 1.94. The minimum Gasteiger partial charge on any atom is -0.372 e. The molecule has 6 nitrogen and oxygen atoms in total. The van der Waals surface area contributed by atoms with Crippen LogP contribution in [-0.2, 0) is 19.6 Å². The standard InChI is InChI=1S/C8H18N2O4S/c1-7(14-4)8(11)9-5-6-15(12,13)10(2)3/h7H,5-6H2,1-4H3,(H,9,11). The van der Waals surface area contributed by atoms with Gasteiger partial charge in [-0.2, -0.15) is 0 Å². The molecule has 7 heteroatoms. The smallest absolute Gasteiger partial charge is 0.248 e. The molecule has 1 amide bonds. The molecular formula is C8H18N2O4S. The van der Waals surface area contributed by atoms with E-state index in [2.05, 4.69) is 5.32 Å². The van der Waals surface area contributed by atoms with E-state index in [9.17, 15) is 13.2 Å². The first-order chi connectivity index (χ1) is 6.81. The highest BCUT2D eigenvalue weighted by atomic mass is 32.2. The average Bonchev–Trinajstić information content (AvgIpc) is 2.15. The third-order valence-corrected chi connectivity index (χ3v) is 3.77. The molecule has 0 radical (unpaired) electrons. The topological polar surface area (TPSA) is 75.7 Å². The van der Waals surface area contributed by atoms with Crippen molar-refractivity contribution in [1.82, 2.24) is 9.62 Å². The second-order valence-electron chi connectivity index (χ2n) is 3.27. The number of ether oxygens (including phenoxy) is 1. The number of nitrogens with one attached hydrogen (secondary N) is 1. The second-order valence-corrected chi connectivity index (χ2v) is 5.57. The first-order valence-corrected chi connectivity index (χ1v) is 6.13. The quantitative estimate of drug-likeness (QED) is 0.646. The van der Waals surface area contributed by atoms with E-state index in [1.165, 1.54) is 21.2 Å². The highest BCUT2D eigenvalue weighted by molar-refractivity contribution is 7.89. The number of carbonyl (C=O) groups is 1. The molecule has 0 saturated carbocycles. The molecule has 0 aliphatic carbocycles. The number of nitrogens with zero attached hydrogens (tertiary/aromatic N) is 1. The number of methoxy groups -OCH3 is 1. The lowest BCUT2D eigenvalue weighted by molar-refractivity contribution is -0.129. The van der Waals surface area contributed by atoms with E-state index < -0.39 is 16.1 Å². The van der Waals surface area contributed by atoms with Gasteiger partial charge in [0.1, 0.15) is 6.10 Å². The number of sulfonamides is 1. The number of rotatable bonds is 6. The Hall–Kier alpha value is -0.660. The fourth-order valence-corrected chi connectivity index (χ4v) is 1.46. The Morgan fingerprint density at radius 1 is 1.47 bits per heavy atom. The summed E-state index contributed by atoms with van der Waals surface area (Å²) in [6.07, 6.45) is -0.563. The summed E-state index contributed by atoms with van der Waals surface area (Å²) in [5.41, 5.74) is 0. The van der Waals surface area contributed by atoms with Crippen molar-refractivity contribution in [2.45, 2.75) is 13.0 Å². The number of carbonyl (C=O) groups excluding carboxylic acids is 1. The largest absolute Gasteiger partial charge is 0.372 e. The van der Waals surface area contributed by atoms with Gasteiger partial charge in [-0.3, -0.25) is 4.79 Å². The summed E-state index contributed by atoms with van der Waals surface area (Å²) in [6.45, 7) is 1.68. The summed E-state index contributed by atoms with van der Waals surface area (Å²) in [4.78, 5) is 11.2. The van der Waals surface area contributed by atoms with Gasteiger partial charge in [0.05, 0.1) is 5.75 Å². The van der Waals surface area contributed by atoms with Crippen LogP contribution < -0.4 is 5.32 Å². The molecular weight excluding hydrogens is 220 g/mol. The Morgan fingerprint density at radius 3 is 2.40 bits per heavy atom. The fourth-order valence-electron chi connectivity index (χ4n) is 0.737. The maximum absolute atomic E-state index is 11.3. The van der Waals surface area contributed by atoms with Crippen LogP contribution >= 0.6 is 0 Å². The molecule has 0 aromatic carbocycles. The summed E-state index contributed by atoms with van der Waals surface area (Å²) in [5, 5.41) is 2.47. The fraction of sp³-hybridized carbons (Fsp3) is 0.875. The third kappa shape index (κ3) is 5.10. The molecule has 0 rings (SSSR count). The van der Waals surface area contributed by atoms with Gasteiger partial charge in [0.25, 0.3) is 0 Å². The Balaban J connectivity index is 3.96. The SMILES string of the molecule is COC(C)C(=O)NCCS(=O)(=O)N(C)C. The van der Waals surface area contributed by atoms with Crippen LogP contribution in [0.3, 0.4) is 0 Å². The molecule has 0 heterocycles. The molecule has 0 aromatic heterocycles. The predicted molar refractivity (Wildman–Crippen MR) is 57.0 cm³/mol. The second kappa shape index (κ2) is 6.04. The Bertz CT molecular complexity index is 300. The van der Waals surface area contributed by atoms with Gasteiger partial charge in [0, 0.05) is 27.7 Å². The van der Waals surface area contributed by atoms with Crippen LogP contribution in [0, 0.1) is 0 Å². The van der Waals surface area contributed by atoms with Crippen LogP contribution in [0.15, 0.2) is 0 Å². The first kappa shape index (κ1) is 14.3. The van der Waals surface area contributed by atoms with Crippen LogP contribution in [0.25, 0.3) is 0 Å². The zero-order valence-electron chi connectivity index (χ0n) is 9.48. The van der Waals surface area contributed by atoms with E-state index in [-0.39, 0.29) is 18.2 Å². The summed E-state index contributed by atoms with van der Waals surface area (Å²) < 4.78 is 28.5. The van der Waals surface area contributed by atoms with Crippen LogP contribution in [0.4, 0.5) is 0 Å². The van der Waals surface area contributed by atoms with E-state index in [0.717, 1.165) is 4.31 Å². The molecule has 1 atom stereocenters. The highest BCUT2D eigenvalue weighted by Gasteiger charge is 2.15. The summed E-state index contributed by atoms with van der Waals surface area (Å²) >= 11 is 0. The van der Waals surface area contributed by atoms with Gasteiger partial charge in [-0.25, -0.2) is 12.7 Å². The van der Waals surface area contributed by atoms with E-state index >= 15 is 0 Å². The summed E-state index contributed by atoms with van der Waals surface area (Å²) in [6, 6.07) is 0. The lowest BCUT2D eigenvalue weighted by Crippen LogP contribution is -2.38. The number of amides is 1. The first-order valence-electron chi connectivity index (χ1n) is 4.52. The molecule has 1 N–H and O–H groups in total. The normalized spacial score (nSPS) is 13.9. The monoisotopic (exact) mass is 238 g/mol. The molecule has 0 fully saturated rings. The van der Waals surface area contributed by atoms with E-state index in [1.54, 1.807) is 6.92 Å². The van der Waals surface area contributed by atoms with E-state index in [0.29, 0.717) is 0 Å². The Labute approximate surface area is 90.6 Å². The lowest BCUT2D eigenvalue weighted by atomic mass is 10.4. The van der Waals surface area contributed by atoms with Gasteiger partial charge in [0.2, 0.25) is 15.9 Å². The van der Waals surface area contributed by atoms with Gasteiger partial charge in [-0.1, -0.05) is 0 Å². The van der Waals surface area contributed by atoms with Crippen molar-refractivity contribution in [1.29, 1.82) is 0 Å². The van der Waals surface area contributed by atoms with Crippen molar-refractivity contribution in [3.63, 3.8) is 0 Å². The van der Waals surface area contributed by atoms with Crippen molar-refractivity contribution < 1.29 is 17.9 Å². The molecule has 0 spiro atoms. The molecule has 0 aromatic rings. The summed E-state index contributed by atoms with van der Waals surface area (Å²) in [5.74, 6) is -0.422. The minimum atomic E-state index is -3.25. The maximum Gasteiger partial charge on any atom is 0.248 e. The molecule has 0 saturated heterocycles. The zero-order chi connectivity index (χ0) is 12.1. The van der Waals surface area contributed by atoms with E-state index in [4.69, 9.17) is 4.74 Å². The number of hydrogen-bond acceptors (Lipinski definition) is 4. The van der Waals surface area contributed by atoms with E-state index in [1.807, 2.05) is 0 Å². The van der Waals surface area contributed by atoms with Crippen LogP contribution in [0.5, 0.6) is 0 Å². The van der Waals surface area contributed by atoms with Gasteiger partial charge in [-0.15, -0.1) is 0 Å². The highest BCUT2D eigenvalue weighted by Crippen LogP contribution is 1.93. The molecule has 0 aliphatic rings. The molecule has 1 unspecified atom stereocenters. The molecule has 0 bridgehead atoms.